The summed E-state index contributed by atoms with van der Waals surface area (Å²) in [6.07, 6.45) is 7.31. The van der Waals surface area contributed by atoms with Gasteiger partial charge in [0, 0.05) is 11.5 Å². The number of halogens is 3. The van der Waals surface area contributed by atoms with Gasteiger partial charge in [0.25, 0.3) is 5.56 Å². The number of pyridine rings is 1. The molecule has 4 aliphatic rings. The van der Waals surface area contributed by atoms with Crippen LogP contribution >= 0.6 is 0 Å². The largest absolute Gasteiger partial charge is 0.489 e. The Balaban J connectivity index is 1.42. The number of alkyl halides is 3. The van der Waals surface area contributed by atoms with Crippen LogP contribution in [0.4, 0.5) is 13.2 Å². The highest BCUT2D eigenvalue weighted by Crippen LogP contribution is 2.66. The predicted octanol–water partition coefficient (Wildman–Crippen LogP) is 6.28. The molecule has 4 fully saturated rings. The van der Waals surface area contributed by atoms with E-state index >= 15 is 0 Å². The summed E-state index contributed by atoms with van der Waals surface area (Å²) in [6, 6.07) is 1.07. The lowest BCUT2D eigenvalue weighted by Gasteiger charge is -2.60. The van der Waals surface area contributed by atoms with Gasteiger partial charge in [-0.2, -0.15) is 17.9 Å². The van der Waals surface area contributed by atoms with Gasteiger partial charge in [0.1, 0.15) is 11.9 Å². The number of rotatable bonds is 2. The van der Waals surface area contributed by atoms with Crippen LogP contribution in [0.15, 0.2) is 17.1 Å². The predicted molar refractivity (Wildman–Crippen MR) is 114 cm³/mol. The van der Waals surface area contributed by atoms with Crippen molar-refractivity contribution < 1.29 is 23.1 Å². The number of ether oxygens (including phenoxy) is 1. The lowest BCUT2D eigenvalue weighted by Crippen LogP contribution is -2.53. The molecule has 32 heavy (non-hydrogen) atoms. The molecule has 4 nitrogen and oxygen atoms in total. The van der Waals surface area contributed by atoms with Gasteiger partial charge < -0.3 is 9.94 Å². The topological polar surface area (TPSA) is 51.5 Å². The first-order valence-electron chi connectivity index (χ1n) is 12.2. The molecule has 7 atom stereocenters. The fourth-order valence-corrected chi connectivity index (χ4v) is 8.46. The van der Waals surface area contributed by atoms with Crippen LogP contribution in [0, 0.1) is 34.5 Å². The van der Waals surface area contributed by atoms with E-state index in [4.69, 9.17) is 4.74 Å². The van der Waals surface area contributed by atoms with E-state index in [1.807, 2.05) is 0 Å². The molecule has 0 saturated heterocycles. The average Bonchev–Trinajstić information content (AvgIpc) is 3.05. The Kier molecular flexibility index (Phi) is 5.14. The molecule has 1 heterocycles. The van der Waals surface area contributed by atoms with E-state index in [2.05, 4.69) is 13.8 Å². The van der Waals surface area contributed by atoms with E-state index in [0.717, 1.165) is 37.4 Å². The first-order chi connectivity index (χ1) is 15.1. The highest BCUT2D eigenvalue weighted by Gasteiger charge is 2.60. The van der Waals surface area contributed by atoms with E-state index < -0.39 is 23.0 Å². The first kappa shape index (κ1) is 22.1. The van der Waals surface area contributed by atoms with Crippen LogP contribution in [0.2, 0.25) is 0 Å². The minimum Gasteiger partial charge on any atom is -0.489 e. The van der Waals surface area contributed by atoms with Gasteiger partial charge in [-0.25, -0.2) is 0 Å². The van der Waals surface area contributed by atoms with Crippen molar-refractivity contribution in [3.63, 3.8) is 0 Å². The van der Waals surface area contributed by atoms with Crippen molar-refractivity contribution in [3.8, 4) is 5.75 Å². The zero-order valence-corrected chi connectivity index (χ0v) is 19.0. The second kappa shape index (κ2) is 7.42. The number of hydrogen-bond donors (Lipinski definition) is 1. The molecule has 5 rings (SSSR count). The van der Waals surface area contributed by atoms with E-state index in [1.165, 1.54) is 38.5 Å². The third kappa shape index (κ3) is 3.20. The Morgan fingerprint density at radius 2 is 1.75 bits per heavy atom. The maximum atomic E-state index is 13.6. The van der Waals surface area contributed by atoms with Crippen molar-refractivity contribution in [2.45, 2.75) is 90.3 Å². The fraction of sp³-hybridized carbons (Fsp3) is 0.800. The van der Waals surface area contributed by atoms with Gasteiger partial charge in [0.05, 0.1) is 6.20 Å². The fourth-order valence-electron chi connectivity index (χ4n) is 8.46. The van der Waals surface area contributed by atoms with E-state index in [9.17, 15) is 23.2 Å². The molecule has 1 aromatic heterocycles. The minimum absolute atomic E-state index is 0.0244. The van der Waals surface area contributed by atoms with Crippen molar-refractivity contribution in [2.75, 3.05) is 0 Å². The molecule has 0 radical (unpaired) electrons. The summed E-state index contributed by atoms with van der Waals surface area (Å²) in [4.78, 5) is 12.0. The highest BCUT2D eigenvalue weighted by molar-refractivity contribution is 5.33. The second-order valence-electron chi connectivity index (χ2n) is 11.3. The smallest absolute Gasteiger partial charge is 0.425 e. The van der Waals surface area contributed by atoms with Gasteiger partial charge in [0.15, 0.2) is 5.56 Å². The summed E-state index contributed by atoms with van der Waals surface area (Å²) >= 11 is 0. The van der Waals surface area contributed by atoms with E-state index in [0.29, 0.717) is 29.6 Å². The monoisotopic (exact) mass is 453 g/mol. The van der Waals surface area contributed by atoms with E-state index in [-0.39, 0.29) is 16.2 Å². The molecule has 0 aliphatic heterocycles. The zero-order chi connectivity index (χ0) is 22.9. The SMILES string of the molecule is C[C@]12CCCCC1CC[C@@H]1[C@H]2CC[C@]2(C)C(Oc3ccn(O)c(=O)c3C(F)(F)F)CC[C@@H]12. The molecule has 0 bridgehead atoms. The zero-order valence-electron chi connectivity index (χ0n) is 19.0. The van der Waals surface area contributed by atoms with Crippen molar-refractivity contribution in [1.82, 2.24) is 4.73 Å². The maximum absolute atomic E-state index is 13.6. The van der Waals surface area contributed by atoms with Gasteiger partial charge in [-0.1, -0.05) is 26.7 Å². The lowest BCUT2D eigenvalue weighted by atomic mass is 9.45. The van der Waals surface area contributed by atoms with Gasteiger partial charge in [-0.05, 0) is 80.5 Å². The third-order valence-corrected chi connectivity index (χ3v) is 10.1. The quantitative estimate of drug-likeness (QED) is 0.536. The molecule has 2 unspecified atom stereocenters. The number of hydrogen-bond acceptors (Lipinski definition) is 3. The summed E-state index contributed by atoms with van der Waals surface area (Å²) < 4.78 is 46.8. The molecular formula is C25H34F3NO3. The van der Waals surface area contributed by atoms with Gasteiger partial charge in [-0.15, -0.1) is 0 Å². The lowest BCUT2D eigenvalue weighted by molar-refractivity contribution is -0.143. The Morgan fingerprint density at radius 1 is 1.00 bits per heavy atom. The average molecular weight is 454 g/mol. The highest BCUT2D eigenvalue weighted by atomic mass is 19.4. The van der Waals surface area contributed by atoms with Gasteiger partial charge >= 0.3 is 6.18 Å². The molecule has 1 aromatic rings. The van der Waals surface area contributed by atoms with Crippen molar-refractivity contribution in [2.24, 2.45) is 34.5 Å². The summed E-state index contributed by atoms with van der Waals surface area (Å²) in [5, 5.41) is 9.48. The molecule has 4 aliphatic carbocycles. The van der Waals surface area contributed by atoms with Crippen LogP contribution in [0.5, 0.6) is 5.75 Å². The first-order valence-corrected chi connectivity index (χ1v) is 12.2. The molecule has 7 heteroatoms. The van der Waals surface area contributed by atoms with Crippen LogP contribution in [-0.2, 0) is 6.18 Å². The maximum Gasteiger partial charge on any atom is 0.425 e. The summed E-state index contributed by atoms with van der Waals surface area (Å²) in [6.45, 7) is 4.71. The van der Waals surface area contributed by atoms with Gasteiger partial charge in [0.2, 0.25) is 0 Å². The van der Waals surface area contributed by atoms with Crippen LogP contribution in [-0.4, -0.2) is 16.0 Å². The van der Waals surface area contributed by atoms with Crippen molar-refractivity contribution in [1.29, 1.82) is 0 Å². The van der Waals surface area contributed by atoms with Crippen molar-refractivity contribution >= 4 is 0 Å². The van der Waals surface area contributed by atoms with Crippen LogP contribution < -0.4 is 10.3 Å². The van der Waals surface area contributed by atoms with Crippen LogP contribution in [0.25, 0.3) is 0 Å². The summed E-state index contributed by atoms with van der Waals surface area (Å²) in [7, 11) is 0. The Bertz CT molecular complexity index is 943. The summed E-state index contributed by atoms with van der Waals surface area (Å²) in [5.74, 6) is 2.16. The number of fused-ring (bicyclic) bond motifs is 5. The molecule has 1 N–H and O–H groups in total. The molecule has 0 amide bonds. The number of nitrogens with zero attached hydrogens (tertiary/aromatic N) is 1. The molecular weight excluding hydrogens is 419 g/mol. The number of aromatic nitrogens is 1. The Morgan fingerprint density at radius 3 is 2.50 bits per heavy atom. The second-order valence-corrected chi connectivity index (χ2v) is 11.3. The normalized spacial score (nSPS) is 41.5. The minimum atomic E-state index is -4.89. The standard InChI is InChI=1S/C25H34F3NO3/c1-23-12-4-3-5-15(23)6-7-16-17-8-9-20(24(17,2)13-10-18(16)23)32-19-11-14-29(31)22(30)21(19)25(26,27)28/h11,14-18,20,31H,3-10,12-13H2,1-2H3/t15?,16-,17-,18+,20?,23-,24-/m0/s1. The summed E-state index contributed by atoms with van der Waals surface area (Å²) in [5.41, 5.74) is -2.67. The molecule has 178 valence electrons. The van der Waals surface area contributed by atoms with Crippen LogP contribution in [0.1, 0.15) is 83.6 Å². The van der Waals surface area contributed by atoms with E-state index in [1.54, 1.807) is 0 Å². The Labute approximate surface area is 187 Å². The van der Waals surface area contributed by atoms with Crippen molar-refractivity contribution in [3.05, 3.63) is 28.2 Å². The molecule has 4 saturated carbocycles. The molecule has 0 aromatic carbocycles. The van der Waals surface area contributed by atoms with Crippen LogP contribution in [0.3, 0.4) is 0 Å². The molecule has 0 spiro atoms. The Hall–Kier alpha value is -1.66. The van der Waals surface area contributed by atoms with Gasteiger partial charge in [-0.3, -0.25) is 4.79 Å². The third-order valence-electron chi connectivity index (χ3n) is 10.1.